The van der Waals surface area contributed by atoms with Crippen molar-refractivity contribution in [1.82, 2.24) is 4.90 Å². The van der Waals surface area contributed by atoms with E-state index in [0.29, 0.717) is 33.2 Å². The number of halogens is 1. The van der Waals surface area contributed by atoms with E-state index in [4.69, 9.17) is 9.18 Å². The molecule has 4 aromatic rings. The molecular weight excluding hydrogens is 596 g/mol. The van der Waals surface area contributed by atoms with Crippen LogP contribution < -0.4 is 4.18 Å². The first-order valence-electron chi connectivity index (χ1n) is 12.0. The third-order valence-electron chi connectivity index (χ3n) is 5.80. The van der Waals surface area contributed by atoms with Crippen LogP contribution in [0.2, 0.25) is 0 Å². The Labute approximate surface area is 240 Å². The monoisotopic (exact) mass is 618 g/mol. The van der Waals surface area contributed by atoms with Crippen LogP contribution >= 0.6 is 27.7 Å². The van der Waals surface area contributed by atoms with Crippen molar-refractivity contribution in [3.63, 3.8) is 0 Å². The van der Waals surface area contributed by atoms with E-state index in [-0.39, 0.29) is 16.6 Å². The van der Waals surface area contributed by atoms with E-state index in [1.54, 1.807) is 47.4 Å². The number of aliphatic imine (C=N–C) groups is 1. The quantitative estimate of drug-likeness (QED) is 0.159. The van der Waals surface area contributed by atoms with Gasteiger partial charge in [-0.1, -0.05) is 94.8 Å². The number of amides is 1. The lowest BCUT2D eigenvalue weighted by atomic mass is 10.2. The van der Waals surface area contributed by atoms with Crippen molar-refractivity contribution in [2.45, 2.75) is 18.0 Å². The number of nitrogens with zero attached hydrogens (tertiary/aromatic N) is 2. The minimum absolute atomic E-state index is 0.0437. The van der Waals surface area contributed by atoms with Crippen molar-refractivity contribution in [3.8, 4) is 5.75 Å². The van der Waals surface area contributed by atoms with Gasteiger partial charge in [-0.05, 0) is 59.3 Å². The lowest BCUT2D eigenvalue weighted by Crippen LogP contribution is -2.28. The van der Waals surface area contributed by atoms with Gasteiger partial charge in [0.2, 0.25) is 0 Å². The summed E-state index contributed by atoms with van der Waals surface area (Å²) in [6.45, 7) is 0.789. The maximum atomic E-state index is 13.6. The van der Waals surface area contributed by atoms with Gasteiger partial charge in [-0.3, -0.25) is 14.7 Å². The summed E-state index contributed by atoms with van der Waals surface area (Å²) < 4.78 is 32.1. The van der Waals surface area contributed by atoms with E-state index < -0.39 is 10.1 Å². The van der Waals surface area contributed by atoms with Crippen molar-refractivity contribution in [3.05, 3.63) is 135 Å². The molecule has 4 aromatic carbocycles. The number of carbonyl (C=O) groups excluding carboxylic acids is 1. The largest absolute Gasteiger partial charge is 0.378 e. The summed E-state index contributed by atoms with van der Waals surface area (Å²) in [5.74, 6) is -0.0975. The summed E-state index contributed by atoms with van der Waals surface area (Å²) in [4.78, 5) is 20.5. The summed E-state index contributed by atoms with van der Waals surface area (Å²) >= 11 is 4.70. The third kappa shape index (κ3) is 6.68. The van der Waals surface area contributed by atoms with Gasteiger partial charge in [0.1, 0.15) is 10.6 Å². The van der Waals surface area contributed by atoms with Crippen LogP contribution in [0.5, 0.6) is 5.75 Å². The molecule has 0 unspecified atom stereocenters. The molecule has 1 aliphatic rings. The molecule has 6 nitrogen and oxygen atoms in total. The Morgan fingerprint density at radius 1 is 0.846 bits per heavy atom. The maximum Gasteiger partial charge on any atom is 0.339 e. The number of hydrogen-bond donors (Lipinski definition) is 0. The predicted molar refractivity (Wildman–Crippen MR) is 159 cm³/mol. The molecule has 0 radical (unpaired) electrons. The molecular formula is C30H23BrN2O4S2. The first kappa shape index (κ1) is 26.9. The second-order valence-corrected chi connectivity index (χ2v) is 12.1. The molecule has 5 rings (SSSR count). The fraction of sp³-hybridized carbons (Fsp3) is 0.0667. The van der Waals surface area contributed by atoms with Crippen molar-refractivity contribution in [1.29, 1.82) is 0 Å². The molecule has 0 saturated carbocycles. The van der Waals surface area contributed by atoms with Crippen LogP contribution in [0.15, 0.2) is 128 Å². The molecule has 1 amide bonds. The molecule has 1 heterocycles. The highest BCUT2D eigenvalue weighted by Crippen LogP contribution is 2.37. The summed E-state index contributed by atoms with van der Waals surface area (Å²) in [7, 11) is -4.07. The normalized spacial score (nSPS) is 15.7. The van der Waals surface area contributed by atoms with Crippen molar-refractivity contribution < 1.29 is 17.4 Å². The molecule has 196 valence electrons. The van der Waals surface area contributed by atoms with Gasteiger partial charge in [-0.2, -0.15) is 8.42 Å². The molecule has 1 saturated heterocycles. The van der Waals surface area contributed by atoms with Crippen LogP contribution in [0.4, 0.5) is 0 Å². The van der Waals surface area contributed by atoms with Crippen LogP contribution in [0.25, 0.3) is 6.08 Å². The molecule has 1 aliphatic heterocycles. The standard InChI is InChI=1S/C30H23BrN2O4S2/c31-25-16-17-27(37-39(35,36)26-14-8-3-9-15-26)24(18-25)19-28-29(34)33(21-23-12-6-2-7-13-23)30(38-28)32-20-22-10-4-1-5-11-22/h1-19H,20-21H2/b28-19+,32-30?. The van der Waals surface area contributed by atoms with Gasteiger partial charge < -0.3 is 4.18 Å². The topological polar surface area (TPSA) is 76.0 Å². The average Bonchev–Trinajstić information content (AvgIpc) is 3.24. The fourth-order valence-electron chi connectivity index (χ4n) is 3.88. The van der Waals surface area contributed by atoms with Gasteiger partial charge in [0.25, 0.3) is 5.91 Å². The first-order chi connectivity index (χ1) is 18.9. The molecule has 0 bridgehead atoms. The second-order valence-electron chi connectivity index (χ2n) is 8.60. The molecule has 0 N–H and O–H groups in total. The zero-order valence-electron chi connectivity index (χ0n) is 20.6. The Balaban J connectivity index is 1.48. The molecule has 39 heavy (non-hydrogen) atoms. The number of rotatable bonds is 8. The zero-order chi connectivity index (χ0) is 27.2. The Kier molecular flexibility index (Phi) is 8.30. The number of benzene rings is 4. The number of thioether (sulfide) groups is 1. The van der Waals surface area contributed by atoms with E-state index in [1.807, 2.05) is 60.7 Å². The molecule has 0 spiro atoms. The number of carbonyl (C=O) groups is 1. The van der Waals surface area contributed by atoms with Gasteiger partial charge in [0.15, 0.2) is 5.17 Å². The molecule has 0 aliphatic carbocycles. The van der Waals surface area contributed by atoms with Crippen molar-refractivity contribution in [2.24, 2.45) is 4.99 Å². The van der Waals surface area contributed by atoms with Crippen LogP contribution in [0.1, 0.15) is 16.7 Å². The first-order valence-corrected chi connectivity index (χ1v) is 15.0. The predicted octanol–water partition coefficient (Wildman–Crippen LogP) is 6.89. The minimum atomic E-state index is -4.07. The summed E-state index contributed by atoms with van der Waals surface area (Å²) in [5, 5.41) is 0.577. The zero-order valence-corrected chi connectivity index (χ0v) is 23.8. The van der Waals surface area contributed by atoms with E-state index in [0.717, 1.165) is 11.1 Å². The molecule has 0 atom stereocenters. The van der Waals surface area contributed by atoms with E-state index in [1.165, 1.54) is 23.9 Å². The lowest BCUT2D eigenvalue weighted by molar-refractivity contribution is -0.122. The van der Waals surface area contributed by atoms with Crippen LogP contribution in [0, 0.1) is 0 Å². The van der Waals surface area contributed by atoms with Crippen LogP contribution in [-0.4, -0.2) is 24.4 Å². The van der Waals surface area contributed by atoms with Gasteiger partial charge in [-0.15, -0.1) is 0 Å². The van der Waals surface area contributed by atoms with Gasteiger partial charge >= 0.3 is 10.1 Å². The van der Waals surface area contributed by atoms with E-state index in [2.05, 4.69) is 15.9 Å². The third-order valence-corrected chi connectivity index (χ3v) is 8.59. The number of amidine groups is 1. The van der Waals surface area contributed by atoms with Crippen LogP contribution in [0.3, 0.4) is 0 Å². The molecule has 9 heteroatoms. The van der Waals surface area contributed by atoms with E-state index in [9.17, 15) is 13.2 Å². The average molecular weight is 620 g/mol. The fourth-order valence-corrected chi connectivity index (χ4v) is 6.20. The Morgan fingerprint density at radius 2 is 1.46 bits per heavy atom. The summed E-state index contributed by atoms with van der Waals surface area (Å²) in [5.41, 5.74) is 2.45. The maximum absolute atomic E-state index is 13.6. The minimum Gasteiger partial charge on any atom is -0.378 e. The van der Waals surface area contributed by atoms with Crippen molar-refractivity contribution in [2.75, 3.05) is 0 Å². The Bertz CT molecular complexity index is 1640. The number of hydrogen-bond acceptors (Lipinski definition) is 6. The van der Waals surface area contributed by atoms with E-state index >= 15 is 0 Å². The van der Waals surface area contributed by atoms with Gasteiger partial charge in [-0.25, -0.2) is 0 Å². The lowest BCUT2D eigenvalue weighted by Gasteiger charge is -2.15. The smallest absolute Gasteiger partial charge is 0.339 e. The van der Waals surface area contributed by atoms with Crippen LogP contribution in [-0.2, 0) is 28.0 Å². The summed E-state index contributed by atoms with van der Waals surface area (Å²) in [6, 6.07) is 32.4. The molecule has 0 aromatic heterocycles. The molecule has 1 fully saturated rings. The highest BCUT2D eigenvalue weighted by Gasteiger charge is 2.33. The van der Waals surface area contributed by atoms with Crippen molar-refractivity contribution >= 4 is 55.0 Å². The highest BCUT2D eigenvalue weighted by molar-refractivity contribution is 9.10. The Morgan fingerprint density at radius 3 is 2.13 bits per heavy atom. The second kappa shape index (κ2) is 12.0. The Hall–Kier alpha value is -3.66. The van der Waals surface area contributed by atoms with Gasteiger partial charge in [0.05, 0.1) is 18.0 Å². The SMILES string of the molecule is O=C1/C(=C\c2cc(Br)ccc2OS(=O)(=O)c2ccccc2)SC(=NCc2ccccc2)N1Cc1ccccc1. The van der Waals surface area contributed by atoms with Gasteiger partial charge in [0, 0.05) is 10.0 Å². The highest BCUT2D eigenvalue weighted by atomic mass is 79.9. The summed E-state index contributed by atoms with van der Waals surface area (Å²) in [6.07, 6.45) is 1.65.